The minimum atomic E-state index is -0.619. The van der Waals surface area contributed by atoms with Crippen molar-refractivity contribution in [1.82, 2.24) is 34.9 Å². The van der Waals surface area contributed by atoms with Gasteiger partial charge in [0.2, 0.25) is 0 Å². The van der Waals surface area contributed by atoms with Crippen molar-refractivity contribution in [2.75, 3.05) is 7.11 Å². The number of ether oxygens (including phenoxy) is 1. The molecule has 0 bridgehead atoms. The number of nitrogens with one attached hydrogen (secondary N) is 2. The molecule has 5 rings (SSSR count). The van der Waals surface area contributed by atoms with Crippen LogP contribution >= 0.6 is 0 Å². The van der Waals surface area contributed by atoms with Crippen LogP contribution in [0.1, 0.15) is 23.1 Å². The number of fused-ring (bicyclic) bond motifs is 1. The van der Waals surface area contributed by atoms with E-state index in [4.69, 9.17) is 9.72 Å². The maximum atomic E-state index is 12.4. The van der Waals surface area contributed by atoms with E-state index in [0.717, 1.165) is 33.9 Å². The number of rotatable bonds is 7. The molecule has 34 heavy (non-hydrogen) atoms. The number of methoxy groups -OCH3 is 1. The molecule has 9 nitrogen and oxygen atoms in total. The Kier molecular flexibility index (Phi) is 5.84. The molecular weight excluding hydrogens is 430 g/mol. The van der Waals surface area contributed by atoms with Crippen LogP contribution in [0.15, 0.2) is 73.2 Å². The second kappa shape index (κ2) is 9.24. The Labute approximate surface area is 195 Å². The maximum Gasteiger partial charge on any atom is 0.327 e. The zero-order valence-corrected chi connectivity index (χ0v) is 18.8. The van der Waals surface area contributed by atoms with Gasteiger partial charge in [0.25, 0.3) is 0 Å². The van der Waals surface area contributed by atoms with Gasteiger partial charge in [0.1, 0.15) is 23.9 Å². The molecule has 2 N–H and O–H groups in total. The van der Waals surface area contributed by atoms with Crippen LogP contribution in [0.3, 0.4) is 0 Å². The van der Waals surface area contributed by atoms with Gasteiger partial charge in [-0.25, -0.2) is 19.3 Å². The SMILES string of the molecule is COC(=O)C(NCc1nc(-c2cccc(C)n2)c(-c2ccc3ncnn3c2)[nH]1)c1ccccc1. The van der Waals surface area contributed by atoms with E-state index in [0.29, 0.717) is 18.1 Å². The van der Waals surface area contributed by atoms with E-state index < -0.39 is 6.04 Å². The summed E-state index contributed by atoms with van der Waals surface area (Å²) in [6.45, 7) is 2.26. The highest BCUT2D eigenvalue weighted by molar-refractivity contribution is 5.78. The fourth-order valence-electron chi connectivity index (χ4n) is 3.84. The van der Waals surface area contributed by atoms with Gasteiger partial charge in [0.05, 0.1) is 25.0 Å². The molecule has 0 radical (unpaired) electrons. The van der Waals surface area contributed by atoms with E-state index in [1.165, 1.54) is 13.4 Å². The number of H-pyrrole nitrogens is 1. The Hall–Kier alpha value is -4.37. The molecule has 1 unspecified atom stereocenters. The van der Waals surface area contributed by atoms with Crippen LogP contribution in [0, 0.1) is 6.92 Å². The summed E-state index contributed by atoms with van der Waals surface area (Å²) < 4.78 is 6.72. The molecule has 0 aliphatic rings. The Balaban J connectivity index is 1.51. The fraction of sp³-hybridized carbons (Fsp3) is 0.160. The number of pyridine rings is 2. The summed E-state index contributed by atoms with van der Waals surface area (Å²) in [6.07, 6.45) is 3.41. The first-order valence-corrected chi connectivity index (χ1v) is 10.8. The Morgan fingerprint density at radius 3 is 2.74 bits per heavy atom. The number of aromatic nitrogens is 6. The van der Waals surface area contributed by atoms with E-state index >= 15 is 0 Å². The molecule has 5 aromatic rings. The van der Waals surface area contributed by atoms with Crippen LogP contribution in [-0.4, -0.2) is 42.6 Å². The largest absolute Gasteiger partial charge is 0.468 e. The van der Waals surface area contributed by atoms with Crippen molar-refractivity contribution in [3.05, 3.63) is 90.3 Å². The van der Waals surface area contributed by atoms with Gasteiger partial charge in [0.15, 0.2) is 5.65 Å². The van der Waals surface area contributed by atoms with Gasteiger partial charge in [-0.3, -0.25) is 10.3 Å². The average molecular weight is 454 g/mol. The number of hydrogen-bond acceptors (Lipinski definition) is 7. The highest BCUT2D eigenvalue weighted by atomic mass is 16.5. The van der Waals surface area contributed by atoms with E-state index in [2.05, 4.69) is 25.4 Å². The van der Waals surface area contributed by atoms with E-state index in [1.54, 1.807) is 4.52 Å². The third kappa shape index (κ3) is 4.28. The lowest BCUT2D eigenvalue weighted by molar-refractivity contribution is -0.143. The van der Waals surface area contributed by atoms with Gasteiger partial charge in [-0.05, 0) is 36.8 Å². The summed E-state index contributed by atoms with van der Waals surface area (Å²) in [7, 11) is 1.38. The lowest BCUT2D eigenvalue weighted by Crippen LogP contribution is -2.29. The third-order valence-corrected chi connectivity index (χ3v) is 5.49. The van der Waals surface area contributed by atoms with Crippen molar-refractivity contribution in [3.8, 4) is 22.6 Å². The first kappa shape index (κ1) is 21.5. The molecule has 0 aliphatic carbocycles. The number of imidazole rings is 1. The van der Waals surface area contributed by atoms with E-state index in [1.807, 2.05) is 73.8 Å². The number of aromatic amines is 1. The molecule has 0 spiro atoms. The lowest BCUT2D eigenvalue weighted by Gasteiger charge is -2.16. The predicted octanol–water partition coefficient (Wildman–Crippen LogP) is 3.49. The summed E-state index contributed by atoms with van der Waals surface area (Å²) in [5, 5.41) is 7.51. The molecule has 1 aromatic carbocycles. The van der Waals surface area contributed by atoms with Crippen LogP contribution in [-0.2, 0) is 16.1 Å². The van der Waals surface area contributed by atoms with E-state index in [9.17, 15) is 4.79 Å². The molecule has 1 atom stereocenters. The number of carbonyl (C=O) groups excluding carboxylic acids is 1. The van der Waals surface area contributed by atoms with Crippen molar-refractivity contribution in [2.24, 2.45) is 0 Å². The minimum absolute atomic E-state index is 0.318. The molecule has 0 amide bonds. The molecule has 170 valence electrons. The summed E-state index contributed by atoms with van der Waals surface area (Å²) in [5.41, 5.74) is 5.64. The average Bonchev–Trinajstić information content (AvgIpc) is 3.51. The molecule has 4 heterocycles. The molecule has 0 aliphatic heterocycles. The molecule has 9 heteroatoms. The zero-order chi connectivity index (χ0) is 23.5. The number of hydrogen-bond donors (Lipinski definition) is 2. The third-order valence-electron chi connectivity index (χ3n) is 5.49. The van der Waals surface area contributed by atoms with Crippen LogP contribution in [0.4, 0.5) is 0 Å². The second-order valence-corrected chi connectivity index (χ2v) is 7.80. The Morgan fingerprint density at radius 2 is 1.94 bits per heavy atom. The topological polar surface area (TPSA) is 110 Å². The highest BCUT2D eigenvalue weighted by Gasteiger charge is 2.22. The number of esters is 1. The van der Waals surface area contributed by atoms with E-state index in [-0.39, 0.29) is 5.97 Å². The van der Waals surface area contributed by atoms with Gasteiger partial charge in [-0.1, -0.05) is 36.4 Å². The van der Waals surface area contributed by atoms with Gasteiger partial charge < -0.3 is 9.72 Å². The predicted molar refractivity (Wildman–Crippen MR) is 127 cm³/mol. The van der Waals surface area contributed by atoms with Crippen molar-refractivity contribution < 1.29 is 9.53 Å². The second-order valence-electron chi connectivity index (χ2n) is 7.80. The first-order chi connectivity index (χ1) is 16.6. The minimum Gasteiger partial charge on any atom is -0.468 e. The van der Waals surface area contributed by atoms with Gasteiger partial charge in [-0.2, -0.15) is 5.10 Å². The van der Waals surface area contributed by atoms with Crippen molar-refractivity contribution in [2.45, 2.75) is 19.5 Å². The number of carbonyl (C=O) groups is 1. The summed E-state index contributed by atoms with van der Waals surface area (Å²) in [4.78, 5) is 29.6. The molecular formula is C25H23N7O2. The van der Waals surface area contributed by atoms with Crippen molar-refractivity contribution >= 4 is 11.6 Å². The Morgan fingerprint density at radius 1 is 1.09 bits per heavy atom. The van der Waals surface area contributed by atoms with Crippen LogP contribution in [0.2, 0.25) is 0 Å². The fourth-order valence-corrected chi connectivity index (χ4v) is 3.84. The molecule has 0 saturated heterocycles. The van der Waals surface area contributed by atoms with Crippen molar-refractivity contribution in [1.29, 1.82) is 0 Å². The van der Waals surface area contributed by atoms with Crippen LogP contribution in [0.5, 0.6) is 0 Å². The van der Waals surface area contributed by atoms with Gasteiger partial charge >= 0.3 is 5.97 Å². The lowest BCUT2D eigenvalue weighted by atomic mass is 10.1. The zero-order valence-electron chi connectivity index (χ0n) is 18.8. The molecule has 0 fully saturated rings. The number of nitrogens with zero attached hydrogens (tertiary/aromatic N) is 5. The highest BCUT2D eigenvalue weighted by Crippen LogP contribution is 2.29. The summed E-state index contributed by atoms with van der Waals surface area (Å²) in [5.74, 6) is 0.298. The Bertz CT molecular complexity index is 1440. The van der Waals surface area contributed by atoms with Gasteiger partial charge in [-0.15, -0.1) is 0 Å². The monoisotopic (exact) mass is 453 g/mol. The molecule has 0 saturated carbocycles. The van der Waals surface area contributed by atoms with Crippen LogP contribution in [0.25, 0.3) is 28.3 Å². The molecule has 4 aromatic heterocycles. The van der Waals surface area contributed by atoms with Gasteiger partial charge in [0, 0.05) is 17.5 Å². The van der Waals surface area contributed by atoms with Crippen molar-refractivity contribution in [3.63, 3.8) is 0 Å². The van der Waals surface area contributed by atoms with Crippen LogP contribution < -0.4 is 5.32 Å². The number of benzene rings is 1. The smallest absolute Gasteiger partial charge is 0.327 e. The standard InChI is InChI=1S/C25H23N7O2/c1-16-7-6-10-19(29-16)24-22(18-11-12-21-27-15-28-32(21)14-18)30-20(31-24)13-26-23(25(33)34-2)17-8-4-3-5-9-17/h3-12,14-15,23,26H,13H2,1-2H3,(H,30,31). The quantitative estimate of drug-likeness (QED) is 0.363. The summed E-state index contributed by atoms with van der Waals surface area (Å²) >= 11 is 0. The number of aryl methyl sites for hydroxylation is 1. The maximum absolute atomic E-state index is 12.4. The normalized spacial score (nSPS) is 12.1. The first-order valence-electron chi connectivity index (χ1n) is 10.8. The summed E-state index contributed by atoms with van der Waals surface area (Å²) in [6, 6.07) is 18.5.